The molecule has 1 atom stereocenters. The van der Waals surface area contributed by atoms with Crippen molar-refractivity contribution in [2.24, 2.45) is 0 Å². The van der Waals surface area contributed by atoms with Gasteiger partial charge in [0.15, 0.2) is 0 Å². The predicted octanol–water partition coefficient (Wildman–Crippen LogP) is 1.70. The highest BCUT2D eigenvalue weighted by Crippen LogP contribution is 2.04. The molecule has 0 saturated heterocycles. The summed E-state index contributed by atoms with van der Waals surface area (Å²) in [5, 5.41) is 0. The standard InChI is InChI=1S/C9H19NO/c1-4-10(5-2)9(3)7-6-8-11/h8-9H,4-7H2,1-3H3. The average molecular weight is 157 g/mol. The molecular weight excluding hydrogens is 138 g/mol. The summed E-state index contributed by atoms with van der Waals surface area (Å²) >= 11 is 0. The largest absolute Gasteiger partial charge is 0.303 e. The zero-order valence-corrected chi connectivity index (χ0v) is 7.84. The normalized spacial score (nSPS) is 13.5. The van der Waals surface area contributed by atoms with Crippen molar-refractivity contribution in [3.05, 3.63) is 0 Å². The second-order valence-electron chi connectivity index (χ2n) is 2.81. The van der Waals surface area contributed by atoms with E-state index in [0.29, 0.717) is 12.5 Å². The first-order chi connectivity index (χ1) is 5.26. The van der Waals surface area contributed by atoms with E-state index in [4.69, 9.17) is 0 Å². The fourth-order valence-corrected chi connectivity index (χ4v) is 1.34. The van der Waals surface area contributed by atoms with Crippen LogP contribution in [0.4, 0.5) is 0 Å². The molecule has 0 aromatic carbocycles. The van der Waals surface area contributed by atoms with E-state index in [1.165, 1.54) is 0 Å². The van der Waals surface area contributed by atoms with Gasteiger partial charge >= 0.3 is 0 Å². The van der Waals surface area contributed by atoms with Crippen LogP contribution in [0.2, 0.25) is 0 Å². The maximum Gasteiger partial charge on any atom is 0.120 e. The summed E-state index contributed by atoms with van der Waals surface area (Å²) in [4.78, 5) is 12.5. The summed E-state index contributed by atoms with van der Waals surface area (Å²) in [6.45, 7) is 8.64. The first-order valence-electron chi connectivity index (χ1n) is 4.43. The molecule has 0 saturated carbocycles. The van der Waals surface area contributed by atoms with Crippen LogP contribution in [0.1, 0.15) is 33.6 Å². The van der Waals surface area contributed by atoms with Gasteiger partial charge in [0.25, 0.3) is 0 Å². The SMILES string of the molecule is CCN(CC)C(C)CCC=O. The van der Waals surface area contributed by atoms with Gasteiger partial charge in [-0.1, -0.05) is 13.8 Å². The topological polar surface area (TPSA) is 20.3 Å². The third kappa shape index (κ3) is 4.14. The number of hydrogen-bond acceptors (Lipinski definition) is 2. The van der Waals surface area contributed by atoms with Crippen LogP contribution < -0.4 is 0 Å². The van der Waals surface area contributed by atoms with Crippen molar-refractivity contribution in [3.63, 3.8) is 0 Å². The fraction of sp³-hybridized carbons (Fsp3) is 0.889. The van der Waals surface area contributed by atoms with E-state index >= 15 is 0 Å². The molecule has 2 heteroatoms. The van der Waals surface area contributed by atoms with Crippen LogP contribution >= 0.6 is 0 Å². The molecule has 0 aliphatic carbocycles. The van der Waals surface area contributed by atoms with Gasteiger partial charge in [0.1, 0.15) is 6.29 Å². The molecule has 0 aromatic heterocycles. The minimum atomic E-state index is 0.551. The molecule has 0 spiro atoms. The third-order valence-corrected chi connectivity index (χ3v) is 2.14. The van der Waals surface area contributed by atoms with Crippen molar-refractivity contribution in [1.29, 1.82) is 0 Å². The Morgan fingerprint density at radius 3 is 2.27 bits per heavy atom. The lowest BCUT2D eigenvalue weighted by atomic mass is 10.1. The van der Waals surface area contributed by atoms with Gasteiger partial charge in [0.05, 0.1) is 0 Å². The van der Waals surface area contributed by atoms with E-state index in [9.17, 15) is 4.79 Å². The predicted molar refractivity (Wildman–Crippen MR) is 47.7 cm³/mol. The van der Waals surface area contributed by atoms with Gasteiger partial charge in [-0.2, -0.15) is 0 Å². The Hall–Kier alpha value is -0.370. The Labute approximate surface area is 69.6 Å². The lowest BCUT2D eigenvalue weighted by Crippen LogP contribution is -2.32. The Kier molecular flexibility index (Phi) is 6.13. The summed E-state index contributed by atoms with van der Waals surface area (Å²) in [6.07, 6.45) is 2.68. The van der Waals surface area contributed by atoms with Crippen molar-refractivity contribution < 1.29 is 4.79 Å². The summed E-state index contributed by atoms with van der Waals surface area (Å²) in [5.41, 5.74) is 0. The lowest BCUT2D eigenvalue weighted by Gasteiger charge is -2.25. The van der Waals surface area contributed by atoms with Crippen molar-refractivity contribution in [1.82, 2.24) is 4.90 Å². The molecule has 0 aromatic rings. The highest BCUT2D eigenvalue weighted by atomic mass is 16.1. The molecular formula is C9H19NO. The van der Waals surface area contributed by atoms with Crippen LogP contribution in [0.15, 0.2) is 0 Å². The number of nitrogens with zero attached hydrogens (tertiary/aromatic N) is 1. The quantitative estimate of drug-likeness (QED) is 0.547. The molecule has 66 valence electrons. The van der Waals surface area contributed by atoms with Gasteiger partial charge in [0, 0.05) is 12.5 Å². The highest BCUT2D eigenvalue weighted by Gasteiger charge is 2.07. The van der Waals surface area contributed by atoms with Gasteiger partial charge < -0.3 is 9.69 Å². The van der Waals surface area contributed by atoms with Gasteiger partial charge in [-0.05, 0) is 26.4 Å². The molecule has 0 N–H and O–H groups in total. The Bertz CT molecular complexity index is 99.7. The van der Waals surface area contributed by atoms with E-state index in [0.717, 1.165) is 25.8 Å². The molecule has 0 fully saturated rings. The smallest absolute Gasteiger partial charge is 0.120 e. The van der Waals surface area contributed by atoms with Crippen molar-refractivity contribution in [3.8, 4) is 0 Å². The summed E-state index contributed by atoms with van der Waals surface area (Å²) < 4.78 is 0. The van der Waals surface area contributed by atoms with E-state index in [-0.39, 0.29) is 0 Å². The van der Waals surface area contributed by atoms with E-state index in [1.54, 1.807) is 0 Å². The van der Waals surface area contributed by atoms with Crippen LogP contribution in [0, 0.1) is 0 Å². The zero-order valence-electron chi connectivity index (χ0n) is 7.84. The fourth-order valence-electron chi connectivity index (χ4n) is 1.34. The summed E-state index contributed by atoms with van der Waals surface area (Å²) in [5.74, 6) is 0. The maximum absolute atomic E-state index is 10.1. The number of hydrogen-bond donors (Lipinski definition) is 0. The van der Waals surface area contributed by atoms with Gasteiger partial charge in [-0.25, -0.2) is 0 Å². The first kappa shape index (κ1) is 10.6. The lowest BCUT2D eigenvalue weighted by molar-refractivity contribution is -0.108. The van der Waals surface area contributed by atoms with Crippen LogP contribution in [-0.2, 0) is 4.79 Å². The molecule has 11 heavy (non-hydrogen) atoms. The molecule has 0 radical (unpaired) electrons. The van der Waals surface area contributed by atoms with Crippen molar-refractivity contribution in [2.75, 3.05) is 13.1 Å². The monoisotopic (exact) mass is 157 g/mol. The van der Waals surface area contributed by atoms with Gasteiger partial charge in [-0.3, -0.25) is 0 Å². The molecule has 2 nitrogen and oxygen atoms in total. The highest BCUT2D eigenvalue weighted by molar-refractivity contribution is 5.49. The second-order valence-corrected chi connectivity index (χ2v) is 2.81. The van der Waals surface area contributed by atoms with Crippen LogP contribution in [-0.4, -0.2) is 30.3 Å². The van der Waals surface area contributed by atoms with Crippen molar-refractivity contribution in [2.45, 2.75) is 39.7 Å². The first-order valence-corrected chi connectivity index (χ1v) is 4.43. The second kappa shape index (κ2) is 6.35. The van der Waals surface area contributed by atoms with E-state index in [1.807, 2.05) is 0 Å². The summed E-state index contributed by atoms with van der Waals surface area (Å²) in [6, 6.07) is 0.551. The third-order valence-electron chi connectivity index (χ3n) is 2.14. The molecule has 0 aliphatic heterocycles. The zero-order chi connectivity index (χ0) is 8.69. The molecule has 0 aliphatic rings. The molecule has 0 rings (SSSR count). The minimum Gasteiger partial charge on any atom is -0.303 e. The summed E-state index contributed by atoms with van der Waals surface area (Å²) in [7, 11) is 0. The Morgan fingerprint density at radius 1 is 1.36 bits per heavy atom. The number of carbonyl (C=O) groups excluding carboxylic acids is 1. The van der Waals surface area contributed by atoms with Crippen LogP contribution in [0.5, 0.6) is 0 Å². The van der Waals surface area contributed by atoms with Gasteiger partial charge in [0.2, 0.25) is 0 Å². The minimum absolute atomic E-state index is 0.551. The molecule has 1 unspecified atom stereocenters. The number of rotatable bonds is 6. The van der Waals surface area contributed by atoms with Crippen LogP contribution in [0.3, 0.4) is 0 Å². The maximum atomic E-state index is 10.1. The number of carbonyl (C=O) groups is 1. The Balaban J connectivity index is 3.59. The van der Waals surface area contributed by atoms with E-state index < -0.39 is 0 Å². The Morgan fingerprint density at radius 2 is 1.91 bits per heavy atom. The van der Waals surface area contributed by atoms with Crippen molar-refractivity contribution >= 4 is 6.29 Å². The van der Waals surface area contributed by atoms with E-state index in [2.05, 4.69) is 25.7 Å². The van der Waals surface area contributed by atoms with Gasteiger partial charge in [-0.15, -0.1) is 0 Å². The molecule has 0 bridgehead atoms. The molecule has 0 heterocycles. The van der Waals surface area contributed by atoms with Crippen LogP contribution in [0.25, 0.3) is 0 Å². The number of aldehydes is 1. The molecule has 0 amide bonds. The average Bonchev–Trinajstić information content (AvgIpc) is 2.03.